The molecular formula is C9H15NO2S2. The molecule has 0 saturated carbocycles. The van der Waals surface area contributed by atoms with Crippen molar-refractivity contribution in [2.75, 3.05) is 5.75 Å². The number of thiophene rings is 1. The van der Waals surface area contributed by atoms with Crippen LogP contribution in [0.15, 0.2) is 17.5 Å². The van der Waals surface area contributed by atoms with E-state index in [2.05, 4.69) is 4.72 Å². The number of nitrogens with one attached hydrogen (secondary N) is 1. The molecule has 0 aromatic carbocycles. The molecule has 0 fully saturated rings. The van der Waals surface area contributed by atoms with Gasteiger partial charge < -0.3 is 0 Å². The van der Waals surface area contributed by atoms with Crippen molar-refractivity contribution in [1.29, 1.82) is 0 Å². The predicted octanol–water partition coefficient (Wildman–Crippen LogP) is 1.62. The second-order valence-corrected chi connectivity index (χ2v) is 6.28. The van der Waals surface area contributed by atoms with Gasteiger partial charge in [0.1, 0.15) is 0 Å². The lowest BCUT2D eigenvalue weighted by Gasteiger charge is -2.11. The Hall–Kier alpha value is -0.390. The minimum atomic E-state index is -3.07. The zero-order valence-corrected chi connectivity index (χ0v) is 9.99. The molecule has 0 saturated heterocycles. The highest BCUT2D eigenvalue weighted by atomic mass is 32.2. The summed E-state index contributed by atoms with van der Waals surface area (Å²) in [4.78, 5) is 1.20. The summed E-state index contributed by atoms with van der Waals surface area (Å²) in [6, 6.07) is 3.96. The Labute approximate surface area is 89.2 Å². The Bertz CT molecular complexity index is 356. The standard InChI is InChI=1S/C9H15NO2S2/c1-3-14(11,12)10-8(2)7-9-5-4-6-13-9/h4-6,8,10H,3,7H2,1-2H3. The van der Waals surface area contributed by atoms with Gasteiger partial charge in [0, 0.05) is 10.9 Å². The fraction of sp³-hybridized carbons (Fsp3) is 0.556. The van der Waals surface area contributed by atoms with E-state index in [0.29, 0.717) is 0 Å². The molecule has 0 spiro atoms. The van der Waals surface area contributed by atoms with Crippen LogP contribution in [0.3, 0.4) is 0 Å². The molecule has 1 N–H and O–H groups in total. The van der Waals surface area contributed by atoms with Gasteiger partial charge in [-0.05, 0) is 31.7 Å². The summed E-state index contributed by atoms with van der Waals surface area (Å²) in [7, 11) is -3.07. The number of hydrogen-bond donors (Lipinski definition) is 1. The van der Waals surface area contributed by atoms with E-state index in [9.17, 15) is 8.42 Å². The lowest BCUT2D eigenvalue weighted by molar-refractivity contribution is 0.562. The summed E-state index contributed by atoms with van der Waals surface area (Å²) in [6.07, 6.45) is 0.761. The van der Waals surface area contributed by atoms with Crippen molar-refractivity contribution >= 4 is 21.4 Å². The monoisotopic (exact) mass is 233 g/mol. The Morgan fingerprint density at radius 1 is 1.57 bits per heavy atom. The molecule has 0 aliphatic rings. The van der Waals surface area contributed by atoms with E-state index >= 15 is 0 Å². The highest BCUT2D eigenvalue weighted by Crippen LogP contribution is 2.11. The largest absolute Gasteiger partial charge is 0.212 e. The lowest BCUT2D eigenvalue weighted by atomic mass is 10.2. The van der Waals surface area contributed by atoms with Crippen molar-refractivity contribution in [3.8, 4) is 0 Å². The first-order valence-corrected chi connectivity index (χ1v) is 7.09. The van der Waals surface area contributed by atoms with Gasteiger partial charge in [0.25, 0.3) is 0 Å². The van der Waals surface area contributed by atoms with E-state index in [1.807, 2.05) is 24.4 Å². The van der Waals surface area contributed by atoms with Crippen LogP contribution in [0.2, 0.25) is 0 Å². The Kier molecular flexibility index (Phi) is 4.10. The minimum Gasteiger partial charge on any atom is -0.212 e. The normalized spacial score (nSPS) is 14.1. The third-order valence-corrected chi connectivity index (χ3v) is 4.27. The molecule has 1 atom stereocenters. The molecule has 1 heterocycles. The maximum atomic E-state index is 11.2. The van der Waals surface area contributed by atoms with Gasteiger partial charge >= 0.3 is 0 Å². The second-order valence-electron chi connectivity index (χ2n) is 3.21. The first-order chi connectivity index (χ1) is 6.53. The van der Waals surface area contributed by atoms with Crippen LogP contribution in [-0.2, 0) is 16.4 Å². The molecule has 0 bridgehead atoms. The van der Waals surface area contributed by atoms with Crippen molar-refractivity contribution < 1.29 is 8.42 Å². The number of sulfonamides is 1. The van der Waals surface area contributed by atoms with E-state index in [1.54, 1.807) is 18.3 Å². The Balaban J connectivity index is 2.48. The van der Waals surface area contributed by atoms with Crippen molar-refractivity contribution in [3.63, 3.8) is 0 Å². The fourth-order valence-corrected chi connectivity index (χ4v) is 2.86. The van der Waals surface area contributed by atoms with Crippen LogP contribution in [0, 0.1) is 0 Å². The predicted molar refractivity (Wildman–Crippen MR) is 60.1 cm³/mol. The van der Waals surface area contributed by atoms with Gasteiger partial charge in [-0.1, -0.05) is 6.07 Å². The van der Waals surface area contributed by atoms with Crippen LogP contribution < -0.4 is 4.72 Å². The zero-order valence-electron chi connectivity index (χ0n) is 8.36. The molecule has 1 rings (SSSR count). The molecule has 1 unspecified atom stereocenters. The molecule has 0 amide bonds. The van der Waals surface area contributed by atoms with Gasteiger partial charge in [-0.15, -0.1) is 11.3 Å². The van der Waals surface area contributed by atoms with Crippen molar-refractivity contribution in [2.24, 2.45) is 0 Å². The van der Waals surface area contributed by atoms with Gasteiger partial charge in [0.05, 0.1) is 5.75 Å². The summed E-state index contributed by atoms with van der Waals surface area (Å²) in [5.41, 5.74) is 0. The van der Waals surface area contributed by atoms with Crippen LogP contribution >= 0.6 is 11.3 Å². The first-order valence-electron chi connectivity index (χ1n) is 4.56. The SMILES string of the molecule is CCS(=O)(=O)NC(C)Cc1cccs1. The first kappa shape index (κ1) is 11.7. The van der Waals surface area contributed by atoms with E-state index in [4.69, 9.17) is 0 Å². The van der Waals surface area contributed by atoms with E-state index < -0.39 is 10.0 Å². The summed E-state index contributed by atoms with van der Waals surface area (Å²) in [6.45, 7) is 3.52. The molecule has 0 radical (unpaired) electrons. The highest BCUT2D eigenvalue weighted by molar-refractivity contribution is 7.89. The maximum Gasteiger partial charge on any atom is 0.211 e. The molecule has 14 heavy (non-hydrogen) atoms. The van der Waals surface area contributed by atoms with Gasteiger partial charge in [0.2, 0.25) is 10.0 Å². The minimum absolute atomic E-state index is 0.0291. The topological polar surface area (TPSA) is 46.2 Å². The average molecular weight is 233 g/mol. The van der Waals surface area contributed by atoms with Gasteiger partial charge in [-0.25, -0.2) is 13.1 Å². The Morgan fingerprint density at radius 3 is 2.79 bits per heavy atom. The van der Waals surface area contributed by atoms with E-state index in [0.717, 1.165) is 6.42 Å². The average Bonchev–Trinajstić information content (AvgIpc) is 2.55. The second kappa shape index (κ2) is 4.91. The quantitative estimate of drug-likeness (QED) is 0.840. The smallest absolute Gasteiger partial charge is 0.211 e. The van der Waals surface area contributed by atoms with Crippen LogP contribution in [0.25, 0.3) is 0 Å². The number of hydrogen-bond acceptors (Lipinski definition) is 3. The van der Waals surface area contributed by atoms with Gasteiger partial charge in [0.15, 0.2) is 0 Å². The maximum absolute atomic E-state index is 11.2. The van der Waals surface area contributed by atoms with Crippen LogP contribution in [0.5, 0.6) is 0 Å². The van der Waals surface area contributed by atoms with Crippen LogP contribution in [-0.4, -0.2) is 20.2 Å². The zero-order chi connectivity index (χ0) is 10.6. The third-order valence-electron chi connectivity index (χ3n) is 1.85. The van der Waals surface area contributed by atoms with Crippen LogP contribution in [0.4, 0.5) is 0 Å². The highest BCUT2D eigenvalue weighted by Gasteiger charge is 2.12. The third kappa shape index (κ3) is 3.77. The summed E-state index contributed by atoms with van der Waals surface area (Å²) >= 11 is 1.65. The molecule has 0 aliphatic carbocycles. The van der Waals surface area contributed by atoms with Gasteiger partial charge in [-0.3, -0.25) is 0 Å². The van der Waals surface area contributed by atoms with Crippen LogP contribution in [0.1, 0.15) is 18.7 Å². The summed E-state index contributed by atoms with van der Waals surface area (Å²) in [5.74, 6) is 0.141. The van der Waals surface area contributed by atoms with Gasteiger partial charge in [-0.2, -0.15) is 0 Å². The summed E-state index contributed by atoms with van der Waals surface area (Å²) in [5, 5.41) is 2.00. The van der Waals surface area contributed by atoms with E-state index in [-0.39, 0.29) is 11.8 Å². The molecule has 1 aromatic heterocycles. The fourth-order valence-electron chi connectivity index (χ4n) is 1.16. The molecule has 3 nitrogen and oxygen atoms in total. The van der Waals surface area contributed by atoms with Crippen molar-refractivity contribution in [3.05, 3.63) is 22.4 Å². The van der Waals surface area contributed by atoms with Crippen molar-refractivity contribution in [1.82, 2.24) is 4.72 Å². The van der Waals surface area contributed by atoms with Crippen molar-refractivity contribution in [2.45, 2.75) is 26.3 Å². The molecule has 1 aromatic rings. The molecule has 0 aliphatic heterocycles. The molecule has 5 heteroatoms. The lowest BCUT2D eigenvalue weighted by Crippen LogP contribution is -2.34. The van der Waals surface area contributed by atoms with E-state index in [1.165, 1.54) is 4.88 Å². The molecular weight excluding hydrogens is 218 g/mol. The Morgan fingerprint density at radius 2 is 2.29 bits per heavy atom. The summed E-state index contributed by atoms with van der Waals surface area (Å²) < 4.78 is 25.1. The number of rotatable bonds is 5. The molecule has 80 valence electrons.